The van der Waals surface area contributed by atoms with Crippen molar-refractivity contribution < 1.29 is 4.74 Å². The van der Waals surface area contributed by atoms with Gasteiger partial charge in [-0.2, -0.15) is 0 Å². The molecule has 1 aliphatic rings. The molecule has 2 heteroatoms. The molecule has 0 saturated carbocycles. The van der Waals surface area contributed by atoms with Gasteiger partial charge in [-0.05, 0) is 30.0 Å². The summed E-state index contributed by atoms with van der Waals surface area (Å²) in [4.78, 5) is 4.65. The van der Waals surface area contributed by atoms with Gasteiger partial charge in [0.15, 0.2) is 0 Å². The maximum absolute atomic E-state index is 5.59. The fourth-order valence-corrected chi connectivity index (χ4v) is 2.56. The second kappa shape index (κ2) is 6.68. The Balaban J connectivity index is 1.70. The van der Waals surface area contributed by atoms with Gasteiger partial charge in [-0.25, -0.2) is 0 Å². The van der Waals surface area contributed by atoms with E-state index >= 15 is 0 Å². The first kappa shape index (κ1) is 14.0. The van der Waals surface area contributed by atoms with E-state index in [-0.39, 0.29) is 6.10 Å². The van der Waals surface area contributed by atoms with Gasteiger partial charge in [0.05, 0.1) is 11.8 Å². The fourth-order valence-electron chi connectivity index (χ4n) is 2.56. The van der Waals surface area contributed by atoms with Crippen LogP contribution in [-0.4, -0.2) is 18.4 Å². The predicted octanol–water partition coefficient (Wildman–Crippen LogP) is 4.55. The number of aliphatic imine (C=N–C) groups is 1. The summed E-state index contributed by atoms with van der Waals surface area (Å²) in [5.41, 5.74) is 3.62. The monoisotopic (exact) mass is 279 g/mol. The van der Waals surface area contributed by atoms with Crippen LogP contribution in [0, 0.1) is 0 Å². The third kappa shape index (κ3) is 3.79. The molecule has 2 atom stereocenters. The van der Waals surface area contributed by atoms with Crippen LogP contribution < -0.4 is 0 Å². The van der Waals surface area contributed by atoms with Crippen LogP contribution in [0.2, 0.25) is 0 Å². The fraction of sp³-hybridized carbons (Fsp3) is 0.316. The number of ether oxygens (including phenoxy) is 1. The normalized spacial score (nSPS) is 20.8. The summed E-state index contributed by atoms with van der Waals surface area (Å²) in [6.45, 7) is 2.19. The summed E-state index contributed by atoms with van der Waals surface area (Å²) < 4.78 is 5.59. The highest BCUT2D eigenvalue weighted by molar-refractivity contribution is 5.72. The molecule has 0 radical (unpaired) electrons. The molecule has 21 heavy (non-hydrogen) atoms. The second-order valence-electron chi connectivity index (χ2n) is 5.50. The molecule has 1 heterocycles. The quantitative estimate of drug-likeness (QED) is 0.562. The highest BCUT2D eigenvalue weighted by Crippen LogP contribution is 2.27. The summed E-state index contributed by atoms with van der Waals surface area (Å²) in [5.74, 6) is 0. The lowest BCUT2D eigenvalue weighted by Crippen LogP contribution is -1.94. The van der Waals surface area contributed by atoms with E-state index in [0.29, 0.717) is 6.10 Å². The van der Waals surface area contributed by atoms with Crippen molar-refractivity contribution in [3.05, 3.63) is 65.7 Å². The largest absolute Gasteiger partial charge is 0.363 e. The molecule has 2 nitrogen and oxygen atoms in total. The topological polar surface area (TPSA) is 24.9 Å². The van der Waals surface area contributed by atoms with Crippen LogP contribution in [0.4, 0.5) is 5.69 Å². The first-order valence-corrected chi connectivity index (χ1v) is 7.68. The number of hydrogen-bond acceptors (Lipinski definition) is 2. The van der Waals surface area contributed by atoms with E-state index in [4.69, 9.17) is 4.74 Å². The molecule has 0 aromatic heterocycles. The van der Waals surface area contributed by atoms with Crippen molar-refractivity contribution in [1.29, 1.82) is 0 Å². The Morgan fingerprint density at radius 2 is 1.81 bits per heavy atom. The van der Waals surface area contributed by atoms with Crippen LogP contribution >= 0.6 is 0 Å². The molecule has 1 saturated heterocycles. The molecular weight excluding hydrogens is 258 g/mol. The number of nitrogens with zero attached hydrogens (tertiary/aromatic N) is 1. The number of rotatable bonds is 6. The van der Waals surface area contributed by atoms with E-state index in [1.54, 1.807) is 0 Å². The lowest BCUT2D eigenvalue weighted by molar-refractivity contribution is 0.384. The Labute approximate surface area is 126 Å². The second-order valence-corrected chi connectivity index (χ2v) is 5.50. The molecule has 0 N–H and O–H groups in total. The third-order valence-electron chi connectivity index (χ3n) is 3.78. The van der Waals surface area contributed by atoms with Gasteiger partial charge in [0.1, 0.15) is 6.10 Å². The molecule has 1 aliphatic heterocycles. The van der Waals surface area contributed by atoms with Crippen molar-refractivity contribution in [3.63, 3.8) is 0 Å². The van der Waals surface area contributed by atoms with Gasteiger partial charge in [-0.15, -0.1) is 0 Å². The van der Waals surface area contributed by atoms with Gasteiger partial charge in [-0.1, -0.05) is 61.9 Å². The van der Waals surface area contributed by atoms with E-state index in [2.05, 4.69) is 54.4 Å². The molecular formula is C19H21NO. The van der Waals surface area contributed by atoms with Crippen molar-refractivity contribution in [1.82, 2.24) is 0 Å². The van der Waals surface area contributed by atoms with Crippen molar-refractivity contribution >= 4 is 11.9 Å². The van der Waals surface area contributed by atoms with Gasteiger partial charge >= 0.3 is 0 Å². The summed E-state index contributed by atoms with van der Waals surface area (Å²) >= 11 is 0. The molecule has 108 valence electrons. The number of para-hydroxylation sites is 1. The Morgan fingerprint density at radius 3 is 2.62 bits per heavy atom. The minimum Gasteiger partial charge on any atom is -0.363 e. The highest BCUT2D eigenvalue weighted by atomic mass is 16.6. The molecule has 2 aromatic carbocycles. The van der Waals surface area contributed by atoms with Crippen LogP contribution in [-0.2, 0) is 11.2 Å². The number of benzene rings is 2. The molecule has 0 aliphatic carbocycles. The molecule has 0 unspecified atom stereocenters. The average Bonchev–Trinajstić information content (AvgIpc) is 3.26. The summed E-state index contributed by atoms with van der Waals surface area (Å²) in [6, 6.07) is 18.9. The first-order chi connectivity index (χ1) is 10.4. The summed E-state index contributed by atoms with van der Waals surface area (Å²) in [6.07, 6.45) is 5.78. The Morgan fingerprint density at radius 1 is 1.05 bits per heavy atom. The van der Waals surface area contributed by atoms with Crippen molar-refractivity contribution in [2.24, 2.45) is 4.99 Å². The highest BCUT2D eigenvalue weighted by Gasteiger charge is 2.35. The maximum Gasteiger partial charge on any atom is 0.119 e. The van der Waals surface area contributed by atoms with Crippen LogP contribution in [0.15, 0.2) is 59.6 Å². The van der Waals surface area contributed by atoms with Crippen molar-refractivity contribution in [2.45, 2.75) is 38.4 Å². The lowest BCUT2D eigenvalue weighted by Gasteiger charge is -2.05. The van der Waals surface area contributed by atoms with E-state index in [1.807, 2.05) is 18.3 Å². The lowest BCUT2D eigenvalue weighted by atomic mass is 10.0. The zero-order valence-electron chi connectivity index (χ0n) is 12.4. The Hall–Kier alpha value is -1.93. The van der Waals surface area contributed by atoms with Crippen molar-refractivity contribution in [2.75, 3.05) is 0 Å². The first-order valence-electron chi connectivity index (χ1n) is 7.68. The maximum atomic E-state index is 5.59. The van der Waals surface area contributed by atoms with Gasteiger partial charge in [-0.3, -0.25) is 4.99 Å². The molecule has 0 bridgehead atoms. The number of epoxide rings is 1. The van der Waals surface area contributed by atoms with E-state index in [0.717, 1.165) is 18.5 Å². The Kier molecular flexibility index (Phi) is 4.46. The molecule has 0 amide bonds. The number of hydrogen-bond donors (Lipinski definition) is 0. The van der Waals surface area contributed by atoms with Crippen LogP contribution in [0.3, 0.4) is 0 Å². The predicted molar refractivity (Wildman–Crippen MR) is 87.4 cm³/mol. The average molecular weight is 279 g/mol. The minimum atomic E-state index is 0.217. The Bertz CT molecular complexity index is 606. The third-order valence-corrected chi connectivity index (χ3v) is 3.78. The molecule has 2 aromatic rings. The van der Waals surface area contributed by atoms with Crippen LogP contribution in [0.5, 0.6) is 0 Å². The zero-order valence-corrected chi connectivity index (χ0v) is 12.4. The van der Waals surface area contributed by atoms with Crippen LogP contribution in [0.25, 0.3) is 0 Å². The standard InChI is InChI=1S/C19H21NO/c1-2-8-18-19(21-18)14-20-17-12-7-6-11-16(17)13-15-9-4-3-5-10-15/h3-7,9-12,14,18-19H,2,8,13H2,1H3/t18-,19-/m0/s1. The van der Waals surface area contributed by atoms with E-state index in [9.17, 15) is 0 Å². The van der Waals surface area contributed by atoms with E-state index in [1.165, 1.54) is 17.5 Å². The van der Waals surface area contributed by atoms with Gasteiger partial charge in [0.2, 0.25) is 0 Å². The minimum absolute atomic E-state index is 0.217. The van der Waals surface area contributed by atoms with E-state index < -0.39 is 0 Å². The molecule has 0 spiro atoms. The summed E-state index contributed by atoms with van der Waals surface area (Å²) in [7, 11) is 0. The van der Waals surface area contributed by atoms with Crippen molar-refractivity contribution in [3.8, 4) is 0 Å². The van der Waals surface area contributed by atoms with Crippen LogP contribution in [0.1, 0.15) is 30.9 Å². The summed E-state index contributed by atoms with van der Waals surface area (Å²) in [5, 5.41) is 0. The molecule has 1 fully saturated rings. The van der Waals surface area contributed by atoms with Gasteiger partial charge in [0, 0.05) is 6.21 Å². The molecule has 3 rings (SSSR count). The van der Waals surface area contributed by atoms with Gasteiger partial charge < -0.3 is 4.74 Å². The zero-order chi connectivity index (χ0) is 14.5. The smallest absolute Gasteiger partial charge is 0.119 e. The van der Waals surface area contributed by atoms with Gasteiger partial charge in [0.25, 0.3) is 0 Å². The SMILES string of the molecule is CCC[C@@H]1O[C@H]1C=Nc1ccccc1Cc1ccccc1.